The molecule has 0 unspecified atom stereocenters. The average molecular weight is 312 g/mol. The molecule has 2 fully saturated rings. The third-order valence-corrected chi connectivity index (χ3v) is 5.97. The van der Waals surface area contributed by atoms with Crippen molar-refractivity contribution in [3.05, 3.63) is 0 Å². The predicted molar refractivity (Wildman–Crippen MR) is 92.0 cm³/mol. The molecule has 22 heavy (non-hydrogen) atoms. The van der Waals surface area contributed by atoms with Gasteiger partial charge in [-0.15, -0.1) is 0 Å². The van der Waals surface area contributed by atoms with Gasteiger partial charge >= 0.3 is 0 Å². The van der Waals surface area contributed by atoms with E-state index in [0.717, 1.165) is 26.1 Å². The lowest BCUT2D eigenvalue weighted by molar-refractivity contribution is -0.339. The van der Waals surface area contributed by atoms with Crippen molar-refractivity contribution in [1.82, 2.24) is 4.90 Å². The maximum Gasteiger partial charge on any atom is 0.171 e. The molecule has 0 radical (unpaired) electrons. The van der Waals surface area contributed by atoms with E-state index in [1.165, 1.54) is 25.7 Å². The minimum Gasteiger partial charge on any atom is -0.349 e. The maximum atomic E-state index is 6.42. The minimum atomic E-state index is -0.385. The zero-order valence-corrected chi connectivity index (χ0v) is 15.9. The normalized spacial score (nSPS) is 29.6. The monoisotopic (exact) mass is 311 g/mol. The smallest absolute Gasteiger partial charge is 0.171 e. The topological polar surface area (TPSA) is 21.7 Å². The van der Waals surface area contributed by atoms with Gasteiger partial charge in [-0.2, -0.15) is 0 Å². The lowest BCUT2D eigenvalue weighted by Gasteiger charge is -2.59. The van der Waals surface area contributed by atoms with E-state index in [4.69, 9.17) is 9.47 Å². The summed E-state index contributed by atoms with van der Waals surface area (Å²) >= 11 is 0. The molecule has 0 bridgehead atoms. The van der Waals surface area contributed by atoms with E-state index < -0.39 is 0 Å². The first-order valence-electron chi connectivity index (χ1n) is 9.06. The molecule has 0 aromatic carbocycles. The van der Waals surface area contributed by atoms with Gasteiger partial charge in [-0.3, -0.25) is 4.90 Å². The van der Waals surface area contributed by atoms with Gasteiger partial charge < -0.3 is 9.47 Å². The highest BCUT2D eigenvalue weighted by Crippen LogP contribution is 2.48. The van der Waals surface area contributed by atoms with Crippen LogP contribution in [0, 0.1) is 5.41 Å². The highest BCUT2D eigenvalue weighted by molar-refractivity contribution is 5.04. The number of ether oxygens (including phenoxy) is 2. The van der Waals surface area contributed by atoms with Gasteiger partial charge in [0.1, 0.15) is 0 Å². The first-order chi connectivity index (χ1) is 10.0. The summed E-state index contributed by atoms with van der Waals surface area (Å²) in [5.74, 6) is -0.385. The van der Waals surface area contributed by atoms with E-state index in [-0.39, 0.29) is 22.3 Å². The van der Waals surface area contributed by atoms with Gasteiger partial charge in [0.2, 0.25) is 0 Å². The second-order valence-electron chi connectivity index (χ2n) is 9.29. The van der Waals surface area contributed by atoms with Gasteiger partial charge in [0.25, 0.3) is 0 Å². The van der Waals surface area contributed by atoms with Crippen LogP contribution >= 0.6 is 0 Å². The number of nitrogens with zero attached hydrogens (tertiary/aromatic N) is 1. The van der Waals surface area contributed by atoms with Gasteiger partial charge in [-0.1, -0.05) is 33.1 Å². The summed E-state index contributed by atoms with van der Waals surface area (Å²) in [5.41, 5.74) is 0.382. The Morgan fingerprint density at radius 2 is 1.36 bits per heavy atom. The second kappa shape index (κ2) is 6.07. The quantitative estimate of drug-likeness (QED) is 0.708. The summed E-state index contributed by atoms with van der Waals surface area (Å²) < 4.78 is 12.8. The molecule has 130 valence electrons. The SMILES string of the molecule is CCCCCC1(C)COC2(CC(C)(C)N(C)C(C)(C)C2)OC1. The van der Waals surface area contributed by atoms with Crippen LogP contribution in [0.15, 0.2) is 0 Å². The molecular formula is C19H37NO2. The van der Waals surface area contributed by atoms with Crippen molar-refractivity contribution in [1.29, 1.82) is 0 Å². The molecular weight excluding hydrogens is 274 g/mol. The lowest BCUT2D eigenvalue weighted by Crippen LogP contribution is -2.67. The highest BCUT2D eigenvalue weighted by atomic mass is 16.7. The van der Waals surface area contributed by atoms with E-state index in [2.05, 4.69) is 53.5 Å². The van der Waals surface area contributed by atoms with Crippen LogP contribution in [-0.2, 0) is 9.47 Å². The van der Waals surface area contributed by atoms with E-state index in [1.807, 2.05) is 0 Å². The molecule has 0 aromatic heterocycles. The fourth-order valence-electron chi connectivity index (χ4n) is 4.28. The Kier molecular flexibility index (Phi) is 5.03. The van der Waals surface area contributed by atoms with Gasteiger partial charge in [0.05, 0.1) is 13.2 Å². The standard InChI is InChI=1S/C19H37NO2/c1-8-9-10-11-18(6)14-21-19(22-15-18)12-16(2,3)20(7)17(4,5)13-19/h8-15H2,1-7H3. The second-order valence-corrected chi connectivity index (χ2v) is 9.29. The highest BCUT2D eigenvalue weighted by Gasteiger charge is 2.54. The summed E-state index contributed by atoms with van der Waals surface area (Å²) in [4.78, 5) is 2.48. The molecule has 3 heteroatoms. The van der Waals surface area contributed by atoms with Crippen molar-refractivity contribution < 1.29 is 9.47 Å². The average Bonchev–Trinajstić information content (AvgIpc) is 2.40. The van der Waals surface area contributed by atoms with Crippen LogP contribution in [0.3, 0.4) is 0 Å². The summed E-state index contributed by atoms with van der Waals surface area (Å²) in [6, 6.07) is 0. The fourth-order valence-corrected chi connectivity index (χ4v) is 4.28. The Labute approximate surface area is 137 Å². The summed E-state index contributed by atoms with van der Waals surface area (Å²) in [6.45, 7) is 15.5. The van der Waals surface area contributed by atoms with Gasteiger partial charge in [-0.05, 0) is 41.2 Å². The van der Waals surface area contributed by atoms with Crippen LogP contribution < -0.4 is 0 Å². The largest absolute Gasteiger partial charge is 0.349 e. The molecule has 2 rings (SSSR count). The number of piperidine rings is 1. The van der Waals surface area contributed by atoms with Crippen molar-refractivity contribution in [3.8, 4) is 0 Å². The van der Waals surface area contributed by atoms with Gasteiger partial charge in [0.15, 0.2) is 5.79 Å². The molecule has 0 N–H and O–H groups in total. The first-order valence-corrected chi connectivity index (χ1v) is 9.06. The van der Waals surface area contributed by atoms with Crippen LogP contribution in [0.25, 0.3) is 0 Å². The van der Waals surface area contributed by atoms with Crippen molar-refractivity contribution in [3.63, 3.8) is 0 Å². The van der Waals surface area contributed by atoms with Crippen LogP contribution in [0.2, 0.25) is 0 Å². The van der Waals surface area contributed by atoms with E-state index in [9.17, 15) is 0 Å². The molecule has 2 saturated heterocycles. The third-order valence-electron chi connectivity index (χ3n) is 5.97. The Morgan fingerprint density at radius 3 is 1.82 bits per heavy atom. The Morgan fingerprint density at radius 1 is 0.864 bits per heavy atom. The van der Waals surface area contributed by atoms with E-state index in [1.54, 1.807) is 0 Å². The Hall–Kier alpha value is -0.120. The lowest BCUT2D eigenvalue weighted by atomic mass is 9.75. The number of rotatable bonds is 4. The van der Waals surface area contributed by atoms with Gasteiger partial charge in [-0.25, -0.2) is 0 Å². The van der Waals surface area contributed by atoms with Crippen LogP contribution in [0.1, 0.15) is 80.1 Å². The third kappa shape index (κ3) is 3.68. The van der Waals surface area contributed by atoms with Crippen molar-refractivity contribution in [2.24, 2.45) is 5.41 Å². The first kappa shape index (κ1) is 18.2. The zero-order chi connectivity index (χ0) is 16.6. The number of unbranched alkanes of at least 4 members (excludes halogenated alkanes) is 2. The molecule has 0 aromatic rings. The van der Waals surface area contributed by atoms with Crippen molar-refractivity contribution in [2.75, 3.05) is 20.3 Å². The zero-order valence-electron chi connectivity index (χ0n) is 15.9. The molecule has 2 aliphatic rings. The molecule has 0 atom stereocenters. The van der Waals surface area contributed by atoms with E-state index >= 15 is 0 Å². The molecule has 0 saturated carbocycles. The molecule has 2 heterocycles. The molecule has 3 nitrogen and oxygen atoms in total. The summed E-state index contributed by atoms with van der Waals surface area (Å²) in [7, 11) is 2.23. The van der Waals surface area contributed by atoms with E-state index in [0.29, 0.717) is 0 Å². The predicted octanol–water partition coefficient (Wildman–Crippen LogP) is 4.60. The summed E-state index contributed by atoms with van der Waals surface area (Å²) in [6.07, 6.45) is 6.98. The Bertz CT molecular complexity index is 361. The number of likely N-dealkylation sites (tertiary alicyclic amines) is 1. The van der Waals surface area contributed by atoms with Gasteiger partial charge in [0, 0.05) is 29.3 Å². The number of hydrogen-bond acceptors (Lipinski definition) is 3. The van der Waals surface area contributed by atoms with Crippen LogP contribution in [0.5, 0.6) is 0 Å². The van der Waals surface area contributed by atoms with Crippen molar-refractivity contribution >= 4 is 0 Å². The number of hydrogen-bond donors (Lipinski definition) is 0. The maximum absolute atomic E-state index is 6.42. The molecule has 2 aliphatic heterocycles. The molecule has 0 aliphatic carbocycles. The summed E-state index contributed by atoms with van der Waals surface area (Å²) in [5, 5.41) is 0. The Balaban J connectivity index is 2.03. The minimum absolute atomic E-state index is 0.0949. The van der Waals surface area contributed by atoms with Crippen LogP contribution in [0.4, 0.5) is 0 Å². The van der Waals surface area contributed by atoms with Crippen molar-refractivity contribution in [2.45, 2.75) is 96.9 Å². The molecule has 1 spiro atoms. The fraction of sp³-hybridized carbons (Fsp3) is 1.00. The van der Waals surface area contributed by atoms with Crippen LogP contribution in [-0.4, -0.2) is 42.0 Å². The molecule has 0 amide bonds.